The number of ether oxygens (including phenoxy) is 4. The van der Waals surface area contributed by atoms with Crippen molar-refractivity contribution in [2.45, 2.75) is 26.0 Å². The van der Waals surface area contributed by atoms with Crippen LogP contribution in [-0.2, 0) is 11.8 Å². The highest BCUT2D eigenvalue weighted by molar-refractivity contribution is 6.32. The Morgan fingerprint density at radius 2 is 1.74 bits per heavy atom. The third kappa shape index (κ3) is 6.48. The molecular formula is C26H30ClN3O5. The van der Waals surface area contributed by atoms with Gasteiger partial charge < -0.3 is 28.8 Å². The molecule has 3 rings (SSSR count). The summed E-state index contributed by atoms with van der Waals surface area (Å²) in [7, 11) is 6.56. The van der Waals surface area contributed by atoms with E-state index in [4.69, 9.17) is 30.5 Å². The zero-order valence-electron chi connectivity index (χ0n) is 20.7. The van der Waals surface area contributed by atoms with Gasteiger partial charge in [-0.3, -0.25) is 4.79 Å². The lowest BCUT2D eigenvalue weighted by atomic mass is 10.0. The molecule has 0 aliphatic carbocycles. The van der Waals surface area contributed by atoms with Gasteiger partial charge in [-0.15, -0.1) is 0 Å². The molecule has 0 radical (unpaired) electrons. The van der Waals surface area contributed by atoms with Gasteiger partial charge in [0.05, 0.1) is 32.5 Å². The molecule has 35 heavy (non-hydrogen) atoms. The summed E-state index contributed by atoms with van der Waals surface area (Å²) < 4.78 is 23.8. The van der Waals surface area contributed by atoms with Crippen LogP contribution in [0, 0.1) is 0 Å². The van der Waals surface area contributed by atoms with Crippen LogP contribution in [0.15, 0.2) is 48.8 Å². The number of methoxy groups -OCH3 is 3. The fourth-order valence-electron chi connectivity index (χ4n) is 3.50. The highest BCUT2D eigenvalue weighted by atomic mass is 35.5. The first-order valence-electron chi connectivity index (χ1n) is 11.0. The van der Waals surface area contributed by atoms with Crippen LogP contribution in [0.5, 0.6) is 23.0 Å². The van der Waals surface area contributed by atoms with Crippen molar-refractivity contribution < 1.29 is 23.7 Å². The Morgan fingerprint density at radius 3 is 2.29 bits per heavy atom. The van der Waals surface area contributed by atoms with Gasteiger partial charge in [-0.1, -0.05) is 11.6 Å². The zero-order chi connectivity index (χ0) is 25.5. The second kappa shape index (κ2) is 11.7. The number of nitrogens with one attached hydrogen (secondary N) is 1. The van der Waals surface area contributed by atoms with E-state index in [2.05, 4.69) is 10.3 Å². The van der Waals surface area contributed by atoms with Crippen molar-refractivity contribution in [2.24, 2.45) is 7.05 Å². The van der Waals surface area contributed by atoms with E-state index in [1.54, 1.807) is 51.8 Å². The Labute approximate surface area is 210 Å². The summed E-state index contributed by atoms with van der Waals surface area (Å²) in [5.74, 6) is 2.50. The maximum absolute atomic E-state index is 13.0. The average Bonchev–Trinajstić information content (AvgIpc) is 3.27. The fourth-order valence-corrected chi connectivity index (χ4v) is 3.76. The lowest BCUT2D eigenvalue weighted by Gasteiger charge is -2.20. The molecule has 0 aliphatic rings. The molecule has 1 unspecified atom stereocenters. The van der Waals surface area contributed by atoms with E-state index in [0.717, 1.165) is 5.56 Å². The number of benzene rings is 2. The number of halogens is 1. The highest BCUT2D eigenvalue weighted by Crippen LogP contribution is 2.37. The van der Waals surface area contributed by atoms with Gasteiger partial charge in [-0.2, -0.15) is 0 Å². The lowest BCUT2D eigenvalue weighted by Crippen LogP contribution is -2.29. The van der Waals surface area contributed by atoms with Gasteiger partial charge in [-0.25, -0.2) is 4.98 Å². The molecule has 8 nitrogen and oxygen atoms in total. The quantitative estimate of drug-likeness (QED) is 0.403. The van der Waals surface area contributed by atoms with Gasteiger partial charge in [0.2, 0.25) is 5.91 Å². The van der Waals surface area contributed by atoms with Crippen LogP contribution in [0.4, 0.5) is 0 Å². The van der Waals surface area contributed by atoms with E-state index in [9.17, 15) is 4.79 Å². The molecule has 1 aromatic heterocycles. The van der Waals surface area contributed by atoms with Crippen molar-refractivity contribution in [1.82, 2.24) is 14.9 Å². The third-order valence-electron chi connectivity index (χ3n) is 5.14. The van der Waals surface area contributed by atoms with Gasteiger partial charge >= 0.3 is 0 Å². The number of amides is 1. The number of hydrogen-bond donors (Lipinski definition) is 1. The monoisotopic (exact) mass is 499 g/mol. The standard InChI is InChI=1S/C26H30ClN3O5/c1-16(2)35-25-21(27)11-17(12-22(25)34-6)7-8-23(31)29-24(26-28-9-10-30(26)3)18-13-19(32-4)15-20(14-18)33-5/h7-16,24H,1-6H3,(H,29,31). The molecule has 1 atom stereocenters. The summed E-state index contributed by atoms with van der Waals surface area (Å²) in [6, 6.07) is 8.38. The molecule has 0 saturated carbocycles. The maximum Gasteiger partial charge on any atom is 0.244 e. The smallest absolute Gasteiger partial charge is 0.244 e. The number of hydrogen-bond acceptors (Lipinski definition) is 6. The molecule has 1 N–H and O–H groups in total. The van der Waals surface area contributed by atoms with Crippen LogP contribution >= 0.6 is 11.6 Å². The van der Waals surface area contributed by atoms with Gasteiger partial charge in [0.25, 0.3) is 0 Å². The van der Waals surface area contributed by atoms with Gasteiger partial charge in [-0.05, 0) is 55.3 Å². The Bertz CT molecular complexity index is 1180. The van der Waals surface area contributed by atoms with Crippen LogP contribution in [0.2, 0.25) is 5.02 Å². The second-order valence-electron chi connectivity index (χ2n) is 8.02. The van der Waals surface area contributed by atoms with Crippen molar-refractivity contribution in [3.63, 3.8) is 0 Å². The Balaban J connectivity index is 1.89. The summed E-state index contributed by atoms with van der Waals surface area (Å²) in [5.41, 5.74) is 1.45. The molecule has 1 heterocycles. The summed E-state index contributed by atoms with van der Waals surface area (Å²) in [5, 5.41) is 3.42. The second-order valence-corrected chi connectivity index (χ2v) is 8.43. The predicted octanol–water partition coefficient (Wildman–Crippen LogP) is 4.81. The summed E-state index contributed by atoms with van der Waals surface area (Å²) in [4.78, 5) is 17.4. The average molecular weight is 500 g/mol. The first-order valence-corrected chi connectivity index (χ1v) is 11.4. The van der Waals surface area contributed by atoms with Crippen molar-refractivity contribution in [2.75, 3.05) is 21.3 Å². The minimum Gasteiger partial charge on any atom is -0.497 e. The van der Waals surface area contributed by atoms with Gasteiger partial charge in [0, 0.05) is 31.6 Å². The normalized spacial score (nSPS) is 12.0. The number of imidazole rings is 1. The number of rotatable bonds is 10. The fraction of sp³-hybridized carbons (Fsp3) is 0.308. The third-order valence-corrected chi connectivity index (χ3v) is 5.42. The first kappa shape index (κ1) is 26.0. The maximum atomic E-state index is 13.0. The molecule has 2 aromatic carbocycles. The number of carbonyl (C=O) groups is 1. The molecule has 0 bridgehead atoms. The highest BCUT2D eigenvalue weighted by Gasteiger charge is 2.22. The van der Waals surface area contributed by atoms with Gasteiger partial charge in [0.15, 0.2) is 11.5 Å². The molecular weight excluding hydrogens is 470 g/mol. The van der Waals surface area contributed by atoms with Crippen molar-refractivity contribution >= 4 is 23.6 Å². The lowest BCUT2D eigenvalue weighted by molar-refractivity contribution is -0.117. The van der Waals surface area contributed by atoms with Gasteiger partial charge in [0.1, 0.15) is 23.4 Å². The minimum atomic E-state index is -0.545. The molecule has 0 aliphatic heterocycles. The zero-order valence-corrected chi connectivity index (χ0v) is 21.4. The van der Waals surface area contributed by atoms with E-state index in [-0.39, 0.29) is 12.0 Å². The number of carbonyl (C=O) groups excluding carboxylic acids is 1. The Kier molecular flexibility index (Phi) is 8.65. The van der Waals surface area contributed by atoms with E-state index in [1.807, 2.05) is 43.8 Å². The number of aryl methyl sites for hydroxylation is 1. The SMILES string of the molecule is COc1cc(OC)cc(C(NC(=O)C=Cc2cc(Cl)c(OC(C)C)c(OC)c2)c2nccn2C)c1. The molecule has 3 aromatic rings. The molecule has 186 valence electrons. The Morgan fingerprint density at radius 1 is 1.06 bits per heavy atom. The molecule has 0 fully saturated rings. The van der Waals surface area contributed by atoms with E-state index >= 15 is 0 Å². The van der Waals surface area contributed by atoms with E-state index < -0.39 is 6.04 Å². The van der Waals surface area contributed by atoms with Crippen LogP contribution in [-0.4, -0.2) is 42.9 Å². The largest absolute Gasteiger partial charge is 0.497 e. The van der Waals surface area contributed by atoms with Crippen LogP contribution in [0.25, 0.3) is 6.08 Å². The van der Waals surface area contributed by atoms with E-state index in [1.165, 1.54) is 6.08 Å². The molecule has 0 saturated heterocycles. The predicted molar refractivity (Wildman–Crippen MR) is 136 cm³/mol. The van der Waals surface area contributed by atoms with Crippen molar-refractivity contribution in [1.29, 1.82) is 0 Å². The van der Waals surface area contributed by atoms with Crippen molar-refractivity contribution in [3.05, 3.63) is 70.8 Å². The van der Waals surface area contributed by atoms with Crippen LogP contribution in [0.3, 0.4) is 0 Å². The minimum absolute atomic E-state index is 0.0631. The van der Waals surface area contributed by atoms with Crippen LogP contribution < -0.4 is 24.3 Å². The van der Waals surface area contributed by atoms with Crippen LogP contribution in [0.1, 0.15) is 36.8 Å². The summed E-state index contributed by atoms with van der Waals surface area (Å²) in [6.07, 6.45) is 6.52. The molecule has 1 amide bonds. The van der Waals surface area contributed by atoms with Crippen molar-refractivity contribution in [3.8, 4) is 23.0 Å². The summed E-state index contributed by atoms with van der Waals surface area (Å²) >= 11 is 6.40. The molecule has 9 heteroatoms. The topological polar surface area (TPSA) is 83.8 Å². The molecule has 0 spiro atoms. The number of aromatic nitrogens is 2. The van der Waals surface area contributed by atoms with E-state index in [0.29, 0.717) is 39.4 Å². The first-order chi connectivity index (χ1) is 16.7. The number of nitrogens with zero attached hydrogens (tertiary/aromatic N) is 2. The Hall–Kier alpha value is -3.65. The summed E-state index contributed by atoms with van der Waals surface area (Å²) in [6.45, 7) is 3.81.